The first-order valence-corrected chi connectivity index (χ1v) is 11.1. The Balaban J connectivity index is 1.70. The summed E-state index contributed by atoms with van der Waals surface area (Å²) in [5.41, 5.74) is 3.42. The minimum Gasteiger partial charge on any atom is -0.315 e. The number of aromatic nitrogens is 3. The zero-order valence-electron chi connectivity index (χ0n) is 18.4. The van der Waals surface area contributed by atoms with Crippen LogP contribution < -0.4 is 10.2 Å². The van der Waals surface area contributed by atoms with Crippen molar-refractivity contribution in [1.82, 2.24) is 20.5 Å². The van der Waals surface area contributed by atoms with Crippen molar-refractivity contribution in [2.24, 2.45) is 0 Å². The van der Waals surface area contributed by atoms with Crippen LogP contribution in [0.2, 0.25) is 0 Å². The van der Waals surface area contributed by atoms with Gasteiger partial charge in [0.1, 0.15) is 5.82 Å². The molecule has 1 fully saturated rings. The molecule has 1 aliphatic rings. The van der Waals surface area contributed by atoms with Crippen molar-refractivity contribution in [2.75, 3.05) is 18.0 Å². The third-order valence-corrected chi connectivity index (χ3v) is 6.23. The Hall–Kier alpha value is -4.02. The number of carbonyl (C=O) groups excluding carboxylic acids is 1. The van der Waals surface area contributed by atoms with Crippen molar-refractivity contribution in [3.05, 3.63) is 77.6 Å². The monoisotopic (exact) mass is 436 g/mol. The molecule has 2 aromatic carbocycles. The maximum Gasteiger partial charge on any atom is 0.260 e. The third-order valence-electron chi connectivity index (χ3n) is 6.23. The summed E-state index contributed by atoms with van der Waals surface area (Å²) in [6.07, 6.45) is 5.28. The molecule has 1 amide bonds. The van der Waals surface area contributed by atoms with Gasteiger partial charge < -0.3 is 5.32 Å². The predicted octanol–water partition coefficient (Wildman–Crippen LogP) is 4.20. The van der Waals surface area contributed by atoms with Gasteiger partial charge in [0, 0.05) is 35.5 Å². The summed E-state index contributed by atoms with van der Waals surface area (Å²) in [6, 6.07) is 17.2. The van der Waals surface area contributed by atoms with Crippen molar-refractivity contribution >= 4 is 22.5 Å². The highest BCUT2D eigenvalue weighted by molar-refractivity contribution is 6.13. The van der Waals surface area contributed by atoms with Gasteiger partial charge in [0.15, 0.2) is 0 Å². The number of nitrogens with zero attached hydrogens (tertiary/aromatic N) is 4. The number of nitriles is 1. The number of hydrogen-bond acceptors (Lipinski definition) is 5. The molecule has 0 unspecified atom stereocenters. The van der Waals surface area contributed by atoms with Crippen LogP contribution in [-0.4, -0.2) is 40.2 Å². The average molecular weight is 437 g/mol. The number of aryl methyl sites for hydroxylation is 1. The van der Waals surface area contributed by atoms with Crippen LogP contribution in [-0.2, 0) is 0 Å². The molecule has 2 N–H and O–H groups in total. The molecule has 7 heteroatoms. The zero-order valence-corrected chi connectivity index (χ0v) is 18.4. The highest BCUT2D eigenvalue weighted by Crippen LogP contribution is 2.33. The van der Waals surface area contributed by atoms with Gasteiger partial charge >= 0.3 is 0 Å². The van der Waals surface area contributed by atoms with E-state index in [0.717, 1.165) is 35.7 Å². The average Bonchev–Trinajstić information content (AvgIpc) is 3.40. The first kappa shape index (κ1) is 20.9. The summed E-state index contributed by atoms with van der Waals surface area (Å²) in [4.78, 5) is 20.8. The van der Waals surface area contributed by atoms with Gasteiger partial charge in [-0.2, -0.15) is 10.4 Å². The molecule has 1 saturated heterocycles. The number of amides is 1. The van der Waals surface area contributed by atoms with Crippen LogP contribution >= 0.6 is 0 Å². The molecule has 3 heterocycles. The van der Waals surface area contributed by atoms with E-state index in [0.29, 0.717) is 34.7 Å². The number of aromatic amines is 1. The highest BCUT2D eigenvalue weighted by Gasteiger charge is 2.31. The number of benzene rings is 2. The number of carbonyl (C=O) groups is 1. The Bertz CT molecular complexity index is 1340. The molecular formula is C26H24N6O. The van der Waals surface area contributed by atoms with Crippen molar-refractivity contribution in [3.63, 3.8) is 0 Å². The fourth-order valence-electron chi connectivity index (χ4n) is 4.62. The lowest BCUT2D eigenvalue weighted by atomic mass is 9.97. The van der Waals surface area contributed by atoms with Crippen molar-refractivity contribution in [3.8, 4) is 17.3 Å². The molecule has 0 saturated carbocycles. The SMILES string of the molecule is Cc1cccc2ccnc(N(C(=O)c3ccc(C#N)cc3-c3ccn[nH]3)[C@@H]3CCCNC3)c12. The molecule has 7 nitrogen and oxygen atoms in total. The molecule has 164 valence electrons. The van der Waals surface area contributed by atoms with E-state index in [4.69, 9.17) is 4.98 Å². The van der Waals surface area contributed by atoms with Gasteiger partial charge in [-0.15, -0.1) is 0 Å². The number of anilines is 1. The number of fused-ring (bicyclic) bond motifs is 1. The highest BCUT2D eigenvalue weighted by atomic mass is 16.2. The van der Waals surface area contributed by atoms with Gasteiger partial charge in [-0.05, 0) is 67.6 Å². The second-order valence-electron chi connectivity index (χ2n) is 8.33. The Morgan fingerprint density at radius 1 is 1.18 bits per heavy atom. The van der Waals surface area contributed by atoms with E-state index in [1.54, 1.807) is 36.7 Å². The molecule has 1 aliphatic heterocycles. The minimum atomic E-state index is -0.138. The summed E-state index contributed by atoms with van der Waals surface area (Å²) in [5, 5.41) is 21.9. The van der Waals surface area contributed by atoms with Crippen molar-refractivity contribution in [2.45, 2.75) is 25.8 Å². The summed E-state index contributed by atoms with van der Waals surface area (Å²) >= 11 is 0. The summed E-state index contributed by atoms with van der Waals surface area (Å²) < 4.78 is 0. The molecule has 0 radical (unpaired) electrons. The minimum absolute atomic E-state index is 0.0331. The van der Waals surface area contributed by atoms with E-state index in [9.17, 15) is 10.1 Å². The number of H-pyrrole nitrogens is 1. The van der Waals surface area contributed by atoms with E-state index in [-0.39, 0.29) is 11.9 Å². The number of rotatable bonds is 4. The smallest absolute Gasteiger partial charge is 0.260 e. The molecular weight excluding hydrogens is 412 g/mol. The van der Waals surface area contributed by atoms with Gasteiger partial charge in [0.25, 0.3) is 5.91 Å². The van der Waals surface area contributed by atoms with E-state index < -0.39 is 0 Å². The third kappa shape index (κ3) is 3.86. The maximum absolute atomic E-state index is 14.3. The van der Waals surface area contributed by atoms with Crippen LogP contribution in [0.5, 0.6) is 0 Å². The lowest BCUT2D eigenvalue weighted by molar-refractivity contribution is 0.0972. The van der Waals surface area contributed by atoms with E-state index in [1.807, 2.05) is 36.1 Å². The summed E-state index contributed by atoms with van der Waals surface area (Å²) in [6.45, 7) is 3.69. The quantitative estimate of drug-likeness (QED) is 0.500. The number of hydrogen-bond donors (Lipinski definition) is 2. The molecule has 0 spiro atoms. The molecule has 4 aromatic rings. The van der Waals surface area contributed by atoms with Crippen LogP contribution in [0.25, 0.3) is 22.0 Å². The van der Waals surface area contributed by atoms with Crippen LogP contribution in [0.4, 0.5) is 5.82 Å². The molecule has 0 bridgehead atoms. The second kappa shape index (κ2) is 8.85. The Morgan fingerprint density at radius 2 is 2.09 bits per heavy atom. The van der Waals surface area contributed by atoms with Crippen molar-refractivity contribution in [1.29, 1.82) is 5.26 Å². The summed E-state index contributed by atoms with van der Waals surface area (Å²) in [5.74, 6) is 0.533. The molecule has 2 aromatic heterocycles. The topological polar surface area (TPSA) is 97.7 Å². The Morgan fingerprint density at radius 3 is 2.85 bits per heavy atom. The zero-order chi connectivity index (χ0) is 22.8. The molecule has 1 atom stereocenters. The Kier molecular flexibility index (Phi) is 5.59. The number of nitrogens with one attached hydrogen (secondary N) is 2. The fourth-order valence-corrected chi connectivity index (χ4v) is 4.62. The van der Waals surface area contributed by atoms with Gasteiger partial charge in [-0.1, -0.05) is 18.2 Å². The van der Waals surface area contributed by atoms with E-state index >= 15 is 0 Å². The largest absolute Gasteiger partial charge is 0.315 e. The molecule has 33 heavy (non-hydrogen) atoms. The van der Waals surface area contributed by atoms with Crippen LogP contribution in [0.1, 0.15) is 34.3 Å². The van der Waals surface area contributed by atoms with Crippen LogP contribution in [0.3, 0.4) is 0 Å². The number of pyridine rings is 1. The molecule has 5 rings (SSSR count). The van der Waals surface area contributed by atoms with E-state index in [2.05, 4.69) is 21.6 Å². The van der Waals surface area contributed by atoms with Crippen molar-refractivity contribution < 1.29 is 4.79 Å². The van der Waals surface area contributed by atoms with Gasteiger partial charge in [0.2, 0.25) is 0 Å². The van der Waals surface area contributed by atoms with Gasteiger partial charge in [-0.3, -0.25) is 14.8 Å². The first-order chi connectivity index (χ1) is 16.2. The lowest BCUT2D eigenvalue weighted by Crippen LogP contribution is -2.49. The maximum atomic E-state index is 14.3. The van der Waals surface area contributed by atoms with Crippen LogP contribution in [0.15, 0.2) is 60.9 Å². The lowest BCUT2D eigenvalue weighted by Gasteiger charge is -2.35. The normalized spacial score (nSPS) is 15.8. The van der Waals surface area contributed by atoms with Gasteiger partial charge in [-0.25, -0.2) is 4.98 Å². The number of piperidine rings is 1. The predicted molar refractivity (Wildman–Crippen MR) is 128 cm³/mol. The van der Waals surface area contributed by atoms with E-state index in [1.165, 1.54) is 0 Å². The van der Waals surface area contributed by atoms with Crippen LogP contribution in [0, 0.1) is 18.3 Å². The Labute approximate surface area is 192 Å². The summed E-state index contributed by atoms with van der Waals surface area (Å²) in [7, 11) is 0. The van der Waals surface area contributed by atoms with Gasteiger partial charge in [0.05, 0.1) is 23.4 Å². The second-order valence-corrected chi connectivity index (χ2v) is 8.33. The molecule has 0 aliphatic carbocycles. The fraction of sp³-hybridized carbons (Fsp3) is 0.231. The first-order valence-electron chi connectivity index (χ1n) is 11.1. The standard InChI is InChI=1S/C26H24N6O/c1-17-4-2-5-19-9-12-29-25(24(17)19)32(20-6-3-11-28-16-20)26(33)21-8-7-18(15-27)14-22(21)23-10-13-30-31-23/h2,4-5,7-10,12-14,20,28H,3,6,11,16H2,1H3,(H,30,31)/t20-/m1/s1.